The number of aliphatic imine (C=N–C) groups is 1. The van der Waals surface area contributed by atoms with Crippen LogP contribution in [-0.4, -0.2) is 63.7 Å². The van der Waals surface area contributed by atoms with Crippen LogP contribution in [-0.2, 0) is 16.0 Å². The molecule has 2 rings (SSSR count). The number of guanidine groups is 1. The molecule has 1 atom stereocenters. The zero-order chi connectivity index (χ0) is 16.7. The van der Waals surface area contributed by atoms with Crippen molar-refractivity contribution in [2.45, 2.75) is 17.5 Å². The van der Waals surface area contributed by atoms with Crippen LogP contribution >= 0.6 is 35.7 Å². The summed E-state index contributed by atoms with van der Waals surface area (Å²) in [5, 5.41) is 3.32. The lowest BCUT2D eigenvalue weighted by Gasteiger charge is -2.34. The highest BCUT2D eigenvalue weighted by Crippen LogP contribution is 2.21. The maximum absolute atomic E-state index is 13.5. The average Bonchev–Trinajstić information content (AvgIpc) is 2.56. The number of nitrogens with zero attached hydrogens (tertiary/aromatic N) is 2. The van der Waals surface area contributed by atoms with Gasteiger partial charge in [0.05, 0.1) is 19.3 Å². The van der Waals surface area contributed by atoms with E-state index in [0.29, 0.717) is 19.8 Å². The summed E-state index contributed by atoms with van der Waals surface area (Å²) in [6, 6.07) is 4.86. The van der Waals surface area contributed by atoms with Gasteiger partial charge in [-0.25, -0.2) is 4.39 Å². The lowest BCUT2D eigenvalue weighted by atomic mass is 10.2. The van der Waals surface area contributed by atoms with Crippen LogP contribution in [0.2, 0.25) is 0 Å². The summed E-state index contributed by atoms with van der Waals surface area (Å²) < 4.78 is 24.3. The predicted octanol–water partition coefficient (Wildman–Crippen LogP) is 2.59. The highest BCUT2D eigenvalue weighted by Gasteiger charge is 2.22. The smallest absolute Gasteiger partial charge is 0.194 e. The highest BCUT2D eigenvalue weighted by atomic mass is 127. The van der Waals surface area contributed by atoms with Crippen molar-refractivity contribution in [3.05, 3.63) is 29.6 Å². The van der Waals surface area contributed by atoms with E-state index in [-0.39, 0.29) is 35.9 Å². The van der Waals surface area contributed by atoms with Gasteiger partial charge in [-0.3, -0.25) is 4.99 Å². The van der Waals surface area contributed by atoms with Crippen molar-refractivity contribution < 1.29 is 13.9 Å². The minimum atomic E-state index is -0.221. The van der Waals surface area contributed by atoms with Gasteiger partial charge in [0.15, 0.2) is 5.96 Å². The molecule has 1 N–H and O–H groups in total. The molecule has 0 radical (unpaired) electrons. The molecule has 0 amide bonds. The topological polar surface area (TPSA) is 46.1 Å². The molecule has 8 heteroatoms. The van der Waals surface area contributed by atoms with E-state index < -0.39 is 0 Å². The Balaban J connectivity index is 0.00000288. The number of ether oxygens (including phenoxy) is 2. The molecule has 1 aliphatic heterocycles. The summed E-state index contributed by atoms with van der Waals surface area (Å²) in [4.78, 5) is 7.54. The van der Waals surface area contributed by atoms with Gasteiger partial charge >= 0.3 is 0 Å². The van der Waals surface area contributed by atoms with E-state index in [1.54, 1.807) is 32.0 Å². The molecule has 136 valence electrons. The number of thioether (sulfide) groups is 1. The van der Waals surface area contributed by atoms with E-state index in [2.05, 4.69) is 15.2 Å². The fourth-order valence-electron chi connectivity index (χ4n) is 2.59. The third-order valence-electron chi connectivity index (χ3n) is 3.68. The second-order valence-electron chi connectivity index (χ2n) is 5.25. The minimum absolute atomic E-state index is 0. The van der Waals surface area contributed by atoms with Gasteiger partial charge in [-0.2, -0.15) is 0 Å². The Labute approximate surface area is 164 Å². The maximum atomic E-state index is 13.5. The Hall–Kier alpha value is -0.580. The number of hydrogen-bond acceptors (Lipinski definition) is 4. The lowest BCUT2D eigenvalue weighted by molar-refractivity contribution is -0.0447. The van der Waals surface area contributed by atoms with Crippen molar-refractivity contribution in [1.82, 2.24) is 10.2 Å². The molecule has 0 bridgehead atoms. The van der Waals surface area contributed by atoms with Crippen molar-refractivity contribution >= 4 is 41.7 Å². The van der Waals surface area contributed by atoms with Crippen LogP contribution in [0.4, 0.5) is 4.39 Å². The molecule has 5 nitrogen and oxygen atoms in total. The van der Waals surface area contributed by atoms with Crippen LogP contribution in [0.1, 0.15) is 5.56 Å². The van der Waals surface area contributed by atoms with Crippen molar-refractivity contribution in [2.24, 2.45) is 4.99 Å². The Kier molecular flexibility index (Phi) is 9.94. The first kappa shape index (κ1) is 21.5. The standard InChI is InChI=1S/C16H24FN3O2S.HI/c1-18-16(20-6-7-22-14(10-20)11-21-2)19-9-12-8-13(17)4-5-15(12)23-3;/h4-5,8,14H,6-7,9-11H2,1-3H3,(H,18,19);1H. The summed E-state index contributed by atoms with van der Waals surface area (Å²) in [5.74, 6) is 0.576. The molecule has 1 aliphatic rings. The second kappa shape index (κ2) is 11.1. The molecule has 24 heavy (non-hydrogen) atoms. The van der Waals surface area contributed by atoms with E-state index in [9.17, 15) is 4.39 Å². The van der Waals surface area contributed by atoms with Crippen LogP contribution in [0.15, 0.2) is 28.1 Å². The third-order valence-corrected chi connectivity index (χ3v) is 4.52. The van der Waals surface area contributed by atoms with Gasteiger partial charge in [0, 0.05) is 38.7 Å². The second-order valence-corrected chi connectivity index (χ2v) is 6.10. The van der Waals surface area contributed by atoms with Gasteiger partial charge in [-0.1, -0.05) is 0 Å². The van der Waals surface area contributed by atoms with Crippen LogP contribution < -0.4 is 5.32 Å². The first-order valence-electron chi connectivity index (χ1n) is 7.56. The SMILES string of the molecule is CN=C(NCc1cc(F)ccc1SC)N1CCOC(COC)C1.I. The van der Waals surface area contributed by atoms with Crippen LogP contribution in [0.3, 0.4) is 0 Å². The molecular weight excluding hydrogens is 444 g/mol. The molecule has 1 aromatic rings. The summed E-state index contributed by atoms with van der Waals surface area (Å²) in [7, 11) is 3.42. The minimum Gasteiger partial charge on any atom is -0.382 e. The van der Waals surface area contributed by atoms with Crippen LogP contribution in [0.5, 0.6) is 0 Å². The van der Waals surface area contributed by atoms with E-state index in [1.165, 1.54) is 6.07 Å². The number of benzene rings is 1. The summed E-state index contributed by atoms with van der Waals surface area (Å²) in [6.07, 6.45) is 2.03. The Morgan fingerprint density at radius 1 is 1.54 bits per heavy atom. The van der Waals surface area contributed by atoms with Gasteiger partial charge in [0.25, 0.3) is 0 Å². The van der Waals surface area contributed by atoms with Gasteiger partial charge < -0.3 is 19.7 Å². The molecule has 1 heterocycles. The predicted molar refractivity (Wildman–Crippen MR) is 107 cm³/mol. The number of nitrogens with one attached hydrogen (secondary N) is 1. The lowest BCUT2D eigenvalue weighted by Crippen LogP contribution is -2.51. The Morgan fingerprint density at radius 3 is 3.00 bits per heavy atom. The van der Waals surface area contributed by atoms with Gasteiger partial charge in [-0.05, 0) is 30.0 Å². The van der Waals surface area contributed by atoms with Gasteiger partial charge in [0.1, 0.15) is 5.82 Å². The third kappa shape index (κ3) is 6.05. The highest BCUT2D eigenvalue weighted by molar-refractivity contribution is 14.0. The first-order chi connectivity index (χ1) is 11.2. The fraction of sp³-hybridized carbons (Fsp3) is 0.562. The van der Waals surface area contributed by atoms with Crippen molar-refractivity contribution in [2.75, 3.05) is 46.7 Å². The molecule has 0 aliphatic carbocycles. The van der Waals surface area contributed by atoms with Gasteiger partial charge in [-0.15, -0.1) is 35.7 Å². The largest absolute Gasteiger partial charge is 0.382 e. The monoisotopic (exact) mass is 469 g/mol. The number of rotatable bonds is 5. The zero-order valence-corrected chi connectivity index (χ0v) is 17.4. The Morgan fingerprint density at radius 2 is 2.33 bits per heavy atom. The normalized spacial score (nSPS) is 18.2. The van der Waals surface area contributed by atoms with E-state index >= 15 is 0 Å². The molecule has 0 aromatic heterocycles. The molecule has 1 saturated heterocycles. The fourth-order valence-corrected chi connectivity index (χ4v) is 3.19. The molecule has 1 unspecified atom stereocenters. The molecule has 1 fully saturated rings. The van der Waals surface area contributed by atoms with Crippen LogP contribution in [0, 0.1) is 5.82 Å². The van der Waals surface area contributed by atoms with E-state index in [0.717, 1.165) is 29.5 Å². The number of morpholine rings is 1. The number of methoxy groups -OCH3 is 1. The summed E-state index contributed by atoms with van der Waals surface area (Å²) in [5.41, 5.74) is 0.931. The summed E-state index contributed by atoms with van der Waals surface area (Å²) in [6.45, 7) is 3.25. The quantitative estimate of drug-likeness (QED) is 0.311. The first-order valence-corrected chi connectivity index (χ1v) is 8.79. The molecular formula is C16H25FIN3O2S. The van der Waals surface area contributed by atoms with E-state index in [1.807, 2.05) is 12.3 Å². The zero-order valence-electron chi connectivity index (χ0n) is 14.3. The van der Waals surface area contributed by atoms with E-state index in [4.69, 9.17) is 9.47 Å². The average molecular weight is 469 g/mol. The summed E-state index contributed by atoms with van der Waals surface area (Å²) >= 11 is 1.61. The van der Waals surface area contributed by atoms with Crippen molar-refractivity contribution in [1.29, 1.82) is 0 Å². The number of hydrogen-bond donors (Lipinski definition) is 1. The van der Waals surface area contributed by atoms with Gasteiger partial charge in [0.2, 0.25) is 0 Å². The van der Waals surface area contributed by atoms with Crippen LogP contribution in [0.25, 0.3) is 0 Å². The van der Waals surface area contributed by atoms with Crippen molar-refractivity contribution in [3.63, 3.8) is 0 Å². The van der Waals surface area contributed by atoms with Crippen molar-refractivity contribution in [3.8, 4) is 0 Å². The molecule has 0 spiro atoms. The number of halogens is 2. The molecule has 1 aromatic carbocycles. The Bertz CT molecular complexity index is 546. The molecule has 0 saturated carbocycles. The maximum Gasteiger partial charge on any atom is 0.194 e.